The van der Waals surface area contributed by atoms with Gasteiger partial charge in [-0.3, -0.25) is 14.5 Å². The average Bonchev–Trinajstić information content (AvgIpc) is 2.47. The van der Waals surface area contributed by atoms with Crippen LogP contribution in [0.15, 0.2) is 4.79 Å². The van der Waals surface area contributed by atoms with Crippen LogP contribution in [0.5, 0.6) is 0 Å². The van der Waals surface area contributed by atoms with Gasteiger partial charge in [-0.15, -0.1) is 0 Å². The molecule has 0 saturated carbocycles. The summed E-state index contributed by atoms with van der Waals surface area (Å²) in [6.07, 6.45) is 0. The topological polar surface area (TPSA) is 63.6 Å². The predicted molar refractivity (Wildman–Crippen MR) is 58.0 cm³/mol. The van der Waals surface area contributed by atoms with Gasteiger partial charge in [0.05, 0.1) is 5.69 Å². The van der Waals surface area contributed by atoms with E-state index in [1.165, 1.54) is 0 Å². The fraction of sp³-hybridized carbons (Fsp3) is 0.500. The van der Waals surface area contributed by atoms with Crippen LogP contribution in [0.1, 0.15) is 31.4 Å². The van der Waals surface area contributed by atoms with Crippen LogP contribution in [-0.2, 0) is 0 Å². The molecule has 5 heteroatoms. The monoisotopic (exact) mass is 206 g/mol. The summed E-state index contributed by atoms with van der Waals surface area (Å²) in [5.74, 6) is 0.729. The lowest BCUT2D eigenvalue weighted by Crippen LogP contribution is -2.25. The smallest absolute Gasteiger partial charge is 0.282 e. The molecule has 0 amide bonds. The highest BCUT2D eigenvalue weighted by molar-refractivity contribution is 5.75. The Kier molecular flexibility index (Phi) is 2.10. The van der Waals surface area contributed by atoms with Crippen molar-refractivity contribution in [1.29, 1.82) is 0 Å². The van der Waals surface area contributed by atoms with Gasteiger partial charge in [0.25, 0.3) is 5.56 Å². The summed E-state index contributed by atoms with van der Waals surface area (Å²) in [7, 11) is 0. The summed E-state index contributed by atoms with van der Waals surface area (Å²) in [6, 6.07) is 0.103. The van der Waals surface area contributed by atoms with Crippen molar-refractivity contribution in [3.8, 4) is 0 Å². The van der Waals surface area contributed by atoms with E-state index in [4.69, 9.17) is 0 Å². The van der Waals surface area contributed by atoms with E-state index >= 15 is 0 Å². The second-order valence-corrected chi connectivity index (χ2v) is 3.97. The number of aryl methyl sites for hydroxylation is 2. The second kappa shape index (κ2) is 3.18. The summed E-state index contributed by atoms with van der Waals surface area (Å²) in [4.78, 5) is 16.4. The Hall–Kier alpha value is -1.65. The van der Waals surface area contributed by atoms with Gasteiger partial charge in [0.1, 0.15) is 11.3 Å². The number of hydrogen-bond donors (Lipinski definition) is 1. The van der Waals surface area contributed by atoms with Gasteiger partial charge in [-0.2, -0.15) is 5.10 Å². The lowest BCUT2D eigenvalue weighted by atomic mass is 10.3. The van der Waals surface area contributed by atoms with Crippen LogP contribution in [0.25, 0.3) is 11.0 Å². The molecule has 0 spiro atoms. The van der Waals surface area contributed by atoms with E-state index in [1.807, 2.05) is 27.7 Å². The van der Waals surface area contributed by atoms with Gasteiger partial charge in [0, 0.05) is 6.04 Å². The van der Waals surface area contributed by atoms with Crippen molar-refractivity contribution in [1.82, 2.24) is 19.7 Å². The lowest BCUT2D eigenvalue weighted by Gasteiger charge is -2.12. The number of nitrogens with one attached hydrogen (secondary N) is 1. The zero-order valence-corrected chi connectivity index (χ0v) is 9.33. The van der Waals surface area contributed by atoms with Crippen molar-refractivity contribution in [3.05, 3.63) is 21.9 Å². The number of H-pyrrole nitrogens is 1. The molecular formula is C10H14N4O. The minimum Gasteiger partial charge on any atom is -0.292 e. The highest BCUT2D eigenvalue weighted by Gasteiger charge is 2.13. The molecule has 0 aliphatic heterocycles. The maximum Gasteiger partial charge on any atom is 0.282 e. The molecule has 0 atom stereocenters. The first-order chi connectivity index (χ1) is 7.02. The van der Waals surface area contributed by atoms with Crippen molar-refractivity contribution in [2.24, 2.45) is 0 Å². The van der Waals surface area contributed by atoms with Gasteiger partial charge in [-0.25, -0.2) is 4.98 Å². The summed E-state index contributed by atoms with van der Waals surface area (Å²) < 4.78 is 1.66. The molecule has 0 aliphatic carbocycles. The molecule has 0 aromatic carbocycles. The van der Waals surface area contributed by atoms with Crippen molar-refractivity contribution < 1.29 is 0 Å². The minimum absolute atomic E-state index is 0.0724. The molecule has 2 heterocycles. The van der Waals surface area contributed by atoms with E-state index in [-0.39, 0.29) is 11.6 Å². The number of nitrogens with zero attached hydrogens (tertiary/aromatic N) is 3. The Morgan fingerprint density at radius 3 is 2.53 bits per heavy atom. The molecule has 2 rings (SSSR count). The maximum absolute atomic E-state index is 12.0. The van der Waals surface area contributed by atoms with E-state index < -0.39 is 0 Å². The molecule has 80 valence electrons. The first kappa shape index (κ1) is 9.89. The summed E-state index contributed by atoms with van der Waals surface area (Å²) >= 11 is 0. The number of rotatable bonds is 1. The quantitative estimate of drug-likeness (QED) is 0.765. The number of hydrogen-bond acceptors (Lipinski definition) is 3. The van der Waals surface area contributed by atoms with Crippen molar-refractivity contribution in [2.75, 3.05) is 0 Å². The van der Waals surface area contributed by atoms with E-state index in [9.17, 15) is 4.79 Å². The Labute approximate surface area is 87.1 Å². The van der Waals surface area contributed by atoms with Gasteiger partial charge in [-0.1, -0.05) is 0 Å². The third kappa shape index (κ3) is 1.35. The van der Waals surface area contributed by atoms with Crippen LogP contribution in [0.2, 0.25) is 0 Å². The van der Waals surface area contributed by atoms with Gasteiger partial charge in [0.2, 0.25) is 0 Å². The fourth-order valence-corrected chi connectivity index (χ4v) is 1.79. The normalized spacial score (nSPS) is 11.5. The Morgan fingerprint density at radius 2 is 1.93 bits per heavy atom. The molecule has 0 aliphatic rings. The van der Waals surface area contributed by atoms with Crippen LogP contribution in [-0.4, -0.2) is 19.7 Å². The van der Waals surface area contributed by atoms with Crippen molar-refractivity contribution in [2.45, 2.75) is 33.7 Å². The van der Waals surface area contributed by atoms with Gasteiger partial charge in [-0.05, 0) is 27.7 Å². The molecule has 0 fully saturated rings. The predicted octanol–water partition coefficient (Wildman–Crippen LogP) is 1.32. The Bertz CT molecular complexity index is 565. The molecule has 5 nitrogen and oxygen atoms in total. The number of fused-ring (bicyclic) bond motifs is 1. The Balaban J connectivity index is 2.92. The van der Waals surface area contributed by atoms with E-state index in [0.29, 0.717) is 11.0 Å². The third-order valence-electron chi connectivity index (χ3n) is 2.47. The van der Waals surface area contributed by atoms with Crippen molar-refractivity contribution in [3.63, 3.8) is 0 Å². The van der Waals surface area contributed by atoms with E-state index in [1.54, 1.807) is 4.57 Å². The fourth-order valence-electron chi connectivity index (χ4n) is 1.79. The summed E-state index contributed by atoms with van der Waals surface area (Å²) in [5, 5.41) is 6.77. The van der Waals surface area contributed by atoms with Gasteiger partial charge < -0.3 is 0 Å². The van der Waals surface area contributed by atoms with Crippen molar-refractivity contribution >= 4 is 11.0 Å². The highest BCUT2D eigenvalue weighted by atomic mass is 16.1. The lowest BCUT2D eigenvalue weighted by molar-refractivity contribution is 0.554. The zero-order valence-electron chi connectivity index (χ0n) is 9.33. The first-order valence-electron chi connectivity index (χ1n) is 4.96. The first-order valence-corrected chi connectivity index (χ1v) is 4.96. The molecule has 1 N–H and O–H groups in total. The van der Waals surface area contributed by atoms with Gasteiger partial charge >= 0.3 is 0 Å². The minimum atomic E-state index is -0.0724. The Morgan fingerprint density at radius 1 is 1.27 bits per heavy atom. The molecular weight excluding hydrogens is 192 g/mol. The third-order valence-corrected chi connectivity index (χ3v) is 2.47. The average molecular weight is 206 g/mol. The van der Waals surface area contributed by atoms with Crippen LogP contribution in [0.4, 0.5) is 0 Å². The van der Waals surface area contributed by atoms with Crippen LogP contribution >= 0.6 is 0 Å². The maximum atomic E-state index is 12.0. The SMILES string of the molecule is Cc1[nH]nc2c(=O)n(C(C)C)c(C)nc12. The zero-order chi connectivity index (χ0) is 11.2. The molecule has 0 radical (unpaired) electrons. The number of aromatic amines is 1. The molecule has 15 heavy (non-hydrogen) atoms. The number of aromatic nitrogens is 4. The van der Waals surface area contributed by atoms with Crippen LogP contribution in [0.3, 0.4) is 0 Å². The molecule has 0 unspecified atom stereocenters. The summed E-state index contributed by atoms with van der Waals surface area (Å²) in [5.41, 5.74) is 1.86. The molecule has 0 saturated heterocycles. The highest BCUT2D eigenvalue weighted by Crippen LogP contribution is 2.11. The molecule has 0 bridgehead atoms. The largest absolute Gasteiger partial charge is 0.292 e. The standard InChI is InChI=1S/C10H14N4O/c1-5(2)14-7(4)11-8-6(3)12-13-9(8)10(14)15/h5H,1-4H3,(H,12,13). The van der Waals surface area contributed by atoms with Gasteiger partial charge in [0.15, 0.2) is 5.52 Å². The molecule has 2 aromatic rings. The van der Waals surface area contributed by atoms with E-state index in [0.717, 1.165) is 11.5 Å². The molecule has 2 aromatic heterocycles. The second-order valence-electron chi connectivity index (χ2n) is 3.97. The van der Waals surface area contributed by atoms with Crippen LogP contribution < -0.4 is 5.56 Å². The summed E-state index contributed by atoms with van der Waals surface area (Å²) in [6.45, 7) is 7.62. The van der Waals surface area contributed by atoms with Crippen LogP contribution in [0, 0.1) is 13.8 Å². The van der Waals surface area contributed by atoms with E-state index in [2.05, 4.69) is 15.2 Å².